The van der Waals surface area contributed by atoms with Crippen molar-refractivity contribution in [3.8, 4) is 27.4 Å². The molecule has 0 bridgehead atoms. The molecule has 5 aromatic rings. The molecule has 7 atom stereocenters. The molecule has 7 fully saturated rings. The van der Waals surface area contributed by atoms with Crippen LogP contribution in [-0.4, -0.2) is 177 Å². The van der Waals surface area contributed by atoms with Gasteiger partial charge in [-0.15, -0.1) is 21.5 Å². The van der Waals surface area contributed by atoms with Crippen LogP contribution in [0.15, 0.2) is 70.7 Å². The number of carbonyl (C=O) groups excluding carboxylic acids is 2. The lowest BCUT2D eigenvalue weighted by Gasteiger charge is -2.47. The normalized spacial score (nSPS) is 27.1. The molecule has 0 radical (unpaired) electrons. The zero-order valence-electron chi connectivity index (χ0n) is 46.4. The Morgan fingerprint density at radius 3 is 2.25 bits per heavy atom. The van der Waals surface area contributed by atoms with E-state index < -0.39 is 18.1 Å². The Labute approximate surface area is 468 Å². The van der Waals surface area contributed by atoms with Crippen LogP contribution >= 0.6 is 11.3 Å². The summed E-state index contributed by atoms with van der Waals surface area (Å²) in [4.78, 5) is 48.0. The molecule has 18 nitrogen and oxygen atoms in total. The molecule has 0 unspecified atom stereocenters. The molecule has 19 heteroatoms. The van der Waals surface area contributed by atoms with Crippen LogP contribution in [0, 0.1) is 36.5 Å². The number of phenols is 1. The fourth-order valence-corrected chi connectivity index (χ4v) is 14.9. The number of phenolic OH excluding ortho intramolecular Hbond substituents is 1. The number of nitrogens with two attached hydrogens (primary N) is 1. The van der Waals surface area contributed by atoms with Crippen LogP contribution in [-0.2, 0) is 14.3 Å². The van der Waals surface area contributed by atoms with Gasteiger partial charge < -0.3 is 55.0 Å². The molecular formula is C60H80N12O6S. The maximum Gasteiger partial charge on any atom is 0.243 e. The Bertz CT molecular complexity index is 2900. The maximum absolute atomic E-state index is 14.4. The number of aliphatic hydroxyl groups is 1. The number of benzene rings is 2. The Morgan fingerprint density at radius 1 is 0.835 bits per heavy atom. The van der Waals surface area contributed by atoms with Gasteiger partial charge >= 0.3 is 0 Å². The number of para-hydroxylation sites is 1. The van der Waals surface area contributed by atoms with E-state index >= 15 is 0 Å². The highest BCUT2D eigenvalue weighted by Gasteiger charge is 2.56. The Balaban J connectivity index is 0.534. The van der Waals surface area contributed by atoms with E-state index in [1.807, 2.05) is 87.8 Å². The largest absolute Gasteiger partial charge is 0.507 e. The molecule has 2 amide bonds. The van der Waals surface area contributed by atoms with E-state index in [0.717, 1.165) is 150 Å². The van der Waals surface area contributed by atoms with Crippen LogP contribution < -0.4 is 20.9 Å². The number of aliphatic hydroxyl groups excluding tert-OH is 1. The highest BCUT2D eigenvalue weighted by Crippen LogP contribution is 2.53. The van der Waals surface area contributed by atoms with E-state index in [1.54, 1.807) is 22.3 Å². The number of nitrogens with one attached hydrogen (secondary N) is 1. The number of nitrogens with zero attached hydrogens (tertiary/aromatic N) is 10. The first-order chi connectivity index (χ1) is 38.3. The lowest BCUT2D eigenvalue weighted by atomic mass is 9.87. The zero-order valence-corrected chi connectivity index (χ0v) is 47.2. The number of β-amino-alcohol motifs (C(OH)–C–C–N with tert-alkyl or cyclic N) is 1. The van der Waals surface area contributed by atoms with Crippen LogP contribution in [0.5, 0.6) is 5.75 Å². The molecule has 7 aliphatic rings. The fourth-order valence-electron chi connectivity index (χ4n) is 14.0. The summed E-state index contributed by atoms with van der Waals surface area (Å²) in [7, 11) is 0. The third-order valence-corrected chi connectivity index (χ3v) is 19.9. The van der Waals surface area contributed by atoms with E-state index in [1.165, 1.54) is 6.54 Å². The Hall–Kier alpha value is -5.70. The first kappa shape index (κ1) is 53.9. The second kappa shape index (κ2) is 23.0. The highest BCUT2D eigenvalue weighted by molar-refractivity contribution is 7.13. The van der Waals surface area contributed by atoms with Crippen molar-refractivity contribution in [3.63, 3.8) is 0 Å². The van der Waals surface area contributed by atoms with Crippen molar-refractivity contribution < 1.29 is 29.1 Å². The van der Waals surface area contributed by atoms with Crippen LogP contribution in [0.3, 0.4) is 0 Å². The van der Waals surface area contributed by atoms with Gasteiger partial charge in [-0.2, -0.15) is 0 Å². The van der Waals surface area contributed by atoms with Crippen molar-refractivity contribution in [1.29, 1.82) is 0 Å². The quantitative estimate of drug-likeness (QED) is 0.0769. The first-order valence-corrected chi connectivity index (χ1v) is 30.2. The summed E-state index contributed by atoms with van der Waals surface area (Å²) in [5.74, 6) is 3.42. The molecule has 12 rings (SSSR count). The molecule has 0 spiro atoms. The third-order valence-electron chi connectivity index (χ3n) is 18.9. The van der Waals surface area contributed by atoms with Gasteiger partial charge in [0.1, 0.15) is 17.7 Å². The topological polar surface area (TPSA) is 206 Å². The summed E-state index contributed by atoms with van der Waals surface area (Å²) >= 11 is 1.61. The van der Waals surface area contributed by atoms with Crippen LogP contribution in [0.2, 0.25) is 0 Å². The maximum atomic E-state index is 14.4. The van der Waals surface area contributed by atoms with Crippen molar-refractivity contribution in [2.45, 2.75) is 115 Å². The van der Waals surface area contributed by atoms with Gasteiger partial charge in [-0.3, -0.25) is 14.5 Å². The Kier molecular flexibility index (Phi) is 15.7. The number of aromatic hydroxyl groups is 1. The summed E-state index contributed by atoms with van der Waals surface area (Å²) in [6.45, 7) is 20.9. The number of ether oxygens (including phenoxy) is 1. The fraction of sp³-hybridized carbons (Fsp3) is 0.600. The summed E-state index contributed by atoms with van der Waals surface area (Å²) in [6, 6.07) is 18.8. The molecule has 422 valence electrons. The van der Waals surface area contributed by atoms with Gasteiger partial charge in [0, 0.05) is 109 Å². The second-order valence-electron chi connectivity index (χ2n) is 24.4. The summed E-state index contributed by atoms with van der Waals surface area (Å²) in [6.07, 6.45) is 6.82. The lowest BCUT2D eigenvalue weighted by molar-refractivity contribution is -0.141. The minimum absolute atomic E-state index is 0.0949. The third kappa shape index (κ3) is 11.6. The van der Waals surface area contributed by atoms with Gasteiger partial charge in [0.15, 0.2) is 17.4 Å². The Morgan fingerprint density at radius 2 is 1.56 bits per heavy atom. The molecule has 5 N–H and O–H groups in total. The number of anilines is 3. The number of nitrogen functional groups attached to an aromatic ring is 1. The number of piperazine rings is 1. The van der Waals surface area contributed by atoms with E-state index in [4.69, 9.17) is 15.0 Å². The number of carbonyl (C=O) groups is 2. The smallest absolute Gasteiger partial charge is 0.243 e. The number of thiazole rings is 1. The summed E-state index contributed by atoms with van der Waals surface area (Å²) in [5.41, 5.74) is 13.4. The van der Waals surface area contributed by atoms with E-state index in [0.29, 0.717) is 58.8 Å². The average Bonchev–Trinajstić information content (AvgIpc) is 4.16. The van der Waals surface area contributed by atoms with Gasteiger partial charge in [0.2, 0.25) is 11.8 Å². The molecule has 79 heavy (non-hydrogen) atoms. The highest BCUT2D eigenvalue weighted by atomic mass is 32.1. The summed E-state index contributed by atoms with van der Waals surface area (Å²) < 4.78 is 12.7. The number of piperidine rings is 3. The second-order valence-corrected chi connectivity index (χ2v) is 25.2. The van der Waals surface area contributed by atoms with Crippen molar-refractivity contribution in [3.05, 3.63) is 83.2 Å². The van der Waals surface area contributed by atoms with Gasteiger partial charge in [0.05, 0.1) is 51.8 Å². The predicted octanol–water partition coefficient (Wildman–Crippen LogP) is 6.66. The molecule has 5 aliphatic heterocycles. The number of fused-ring (bicyclic) bond motifs is 1. The van der Waals surface area contributed by atoms with Gasteiger partial charge in [0.25, 0.3) is 0 Å². The molecule has 8 heterocycles. The predicted molar refractivity (Wildman–Crippen MR) is 306 cm³/mol. The first-order valence-electron chi connectivity index (χ1n) is 29.3. The standard InChI is InChI=1S/C60H80N12O6S/c1-36(2)56(60(76)72-31-43(73)27-52(72)59(75)63-37(3)40-9-11-41(12-10-40)57-38(4)62-35-79-57)54-29-55(66-78-54)70-19-13-39(14-20-70)30-67-17-15-44(16-18-67)77-45-25-42(26-45)69-23-21-68(22-24-69)32-47-48-33-71(34-49(47)48)51-28-50(64-65-58(51)61)46-7-5-6-8-53(46)74/h5-12,28-29,35-37,39,42-45,47-49,52,56,73-74H,13-27,30-34H2,1-4H3,(H2,61,65)(H,63,75)/t37-,42-,43+,45-,47-,48-,49+,52-,56+/m0/s1. The SMILES string of the molecule is Cc1ncsc1-c1ccc([C@H](C)NC(=O)[C@@H]2C[C@@H](O)CN2C(=O)[C@@H](c2cc(N3CCC(CN4CCC(O[C@H]5C[C@H](N6CCN(C[C@@H]7[C@H]8CN(c9cc(-c%10ccccc%10O)nnc9N)C[C@@H]78)CC6)C5)CC4)CC3)no2)C(C)C)cc1. The van der Waals surface area contributed by atoms with E-state index in [9.17, 15) is 19.8 Å². The lowest BCUT2D eigenvalue weighted by Crippen LogP contribution is -2.56. The van der Waals surface area contributed by atoms with Crippen molar-refractivity contribution >= 4 is 40.5 Å². The van der Waals surface area contributed by atoms with Crippen molar-refractivity contribution in [2.75, 3.05) is 101 Å². The number of aromatic nitrogens is 4. The van der Waals surface area contributed by atoms with E-state index in [-0.39, 0.29) is 42.5 Å². The van der Waals surface area contributed by atoms with Crippen LogP contribution in [0.1, 0.15) is 94.7 Å². The van der Waals surface area contributed by atoms with Gasteiger partial charge in [-0.25, -0.2) is 4.98 Å². The molecule has 2 saturated carbocycles. The van der Waals surface area contributed by atoms with E-state index in [2.05, 4.69) is 50.2 Å². The summed E-state index contributed by atoms with van der Waals surface area (Å²) in [5, 5.41) is 37.3. The number of hydrogen-bond acceptors (Lipinski definition) is 17. The van der Waals surface area contributed by atoms with Crippen molar-refractivity contribution in [2.24, 2.45) is 29.6 Å². The van der Waals surface area contributed by atoms with Gasteiger partial charge in [-0.1, -0.05) is 55.4 Å². The number of hydrogen-bond donors (Lipinski definition) is 4. The molecule has 2 aliphatic carbocycles. The minimum Gasteiger partial charge on any atom is -0.507 e. The number of amides is 2. The molecule has 2 aromatic carbocycles. The molecule has 5 saturated heterocycles. The number of likely N-dealkylation sites (tertiary alicyclic amines) is 2. The number of rotatable bonds is 17. The van der Waals surface area contributed by atoms with Gasteiger partial charge in [-0.05, 0) is 111 Å². The number of aryl methyl sites for hydroxylation is 1. The van der Waals surface area contributed by atoms with Crippen LogP contribution in [0.4, 0.5) is 17.3 Å². The molecule has 3 aromatic heterocycles. The molecular weight excluding hydrogens is 1020 g/mol. The minimum atomic E-state index is -0.793. The van der Waals surface area contributed by atoms with Crippen LogP contribution in [0.25, 0.3) is 21.7 Å². The average molecular weight is 1100 g/mol. The van der Waals surface area contributed by atoms with Crippen molar-refractivity contribution in [1.82, 2.24) is 45.3 Å². The zero-order chi connectivity index (χ0) is 54.5. The monoisotopic (exact) mass is 1100 g/mol.